The van der Waals surface area contributed by atoms with Crippen LogP contribution in [0.3, 0.4) is 0 Å². The summed E-state index contributed by atoms with van der Waals surface area (Å²) >= 11 is -1.47. The van der Waals surface area contributed by atoms with Gasteiger partial charge < -0.3 is 4.18 Å². The molecule has 0 aliphatic rings. The quantitative estimate of drug-likeness (QED) is 0.766. The lowest BCUT2D eigenvalue weighted by atomic mass is 10.2. The minimum Gasteiger partial charge on any atom is -0.364 e. The third-order valence-electron chi connectivity index (χ3n) is 2.04. The van der Waals surface area contributed by atoms with E-state index in [4.69, 9.17) is 4.18 Å². The highest BCUT2D eigenvalue weighted by Gasteiger charge is 2.09. The van der Waals surface area contributed by atoms with Crippen molar-refractivity contribution in [2.75, 3.05) is 5.75 Å². The van der Waals surface area contributed by atoms with Crippen LogP contribution in [0.5, 0.6) is 0 Å². The highest BCUT2D eigenvalue weighted by Crippen LogP contribution is 2.02. The smallest absolute Gasteiger partial charge is 0.324 e. The van der Waals surface area contributed by atoms with Crippen molar-refractivity contribution in [1.82, 2.24) is 0 Å². The van der Waals surface area contributed by atoms with Crippen LogP contribution in [0.2, 0.25) is 0 Å². The summed E-state index contributed by atoms with van der Waals surface area (Å²) in [4.78, 5) is 11.4. The van der Waals surface area contributed by atoms with E-state index in [9.17, 15) is 9.00 Å². The Morgan fingerprint density at radius 3 is 2.62 bits per heavy atom. The van der Waals surface area contributed by atoms with Gasteiger partial charge >= 0.3 is 5.97 Å². The molecule has 4 heteroatoms. The third-order valence-corrected chi connectivity index (χ3v) is 3.04. The second-order valence-corrected chi connectivity index (χ2v) is 4.66. The van der Waals surface area contributed by atoms with Crippen LogP contribution in [0.1, 0.15) is 25.3 Å². The van der Waals surface area contributed by atoms with Crippen molar-refractivity contribution in [1.29, 1.82) is 0 Å². The van der Waals surface area contributed by atoms with Crippen molar-refractivity contribution in [2.45, 2.75) is 26.2 Å². The molecule has 1 rings (SSSR count). The summed E-state index contributed by atoms with van der Waals surface area (Å²) in [7, 11) is 0. The number of hydrogen-bond donors (Lipinski definition) is 0. The first-order chi connectivity index (χ1) is 7.72. The summed E-state index contributed by atoms with van der Waals surface area (Å²) in [6.07, 6.45) is 1.94. The molecule has 0 spiro atoms. The molecule has 1 aromatic carbocycles. The van der Waals surface area contributed by atoms with E-state index in [1.54, 1.807) is 0 Å². The van der Waals surface area contributed by atoms with Gasteiger partial charge in [-0.3, -0.25) is 4.79 Å². The maximum absolute atomic E-state index is 11.4. The molecule has 0 heterocycles. The van der Waals surface area contributed by atoms with Crippen LogP contribution in [-0.4, -0.2) is 15.9 Å². The monoisotopic (exact) mass is 240 g/mol. The molecule has 0 amide bonds. The van der Waals surface area contributed by atoms with E-state index in [0.29, 0.717) is 5.75 Å². The predicted molar refractivity (Wildman–Crippen MR) is 64.2 cm³/mol. The van der Waals surface area contributed by atoms with Crippen LogP contribution < -0.4 is 0 Å². The van der Waals surface area contributed by atoms with Crippen LogP contribution in [0.4, 0.5) is 0 Å². The third kappa shape index (κ3) is 5.07. The first kappa shape index (κ1) is 12.9. The predicted octanol–water partition coefficient (Wildman–Crippen LogP) is 2.24. The van der Waals surface area contributed by atoms with Gasteiger partial charge in [0.2, 0.25) is 11.1 Å². The maximum Gasteiger partial charge on any atom is 0.324 e. The van der Waals surface area contributed by atoms with Crippen LogP contribution in [0.15, 0.2) is 30.3 Å². The molecule has 0 aliphatic heterocycles. The van der Waals surface area contributed by atoms with Gasteiger partial charge in [0.15, 0.2) is 0 Å². The van der Waals surface area contributed by atoms with Crippen LogP contribution >= 0.6 is 0 Å². The fourth-order valence-corrected chi connectivity index (χ4v) is 2.07. The molecular weight excluding hydrogens is 224 g/mol. The van der Waals surface area contributed by atoms with E-state index in [2.05, 4.69) is 0 Å². The van der Waals surface area contributed by atoms with Gasteiger partial charge in [-0.15, -0.1) is 0 Å². The molecule has 0 radical (unpaired) electrons. The van der Waals surface area contributed by atoms with Crippen LogP contribution in [0, 0.1) is 0 Å². The number of unbranched alkanes of at least 4 members (excludes halogenated alkanes) is 1. The standard InChI is InChI=1S/C12H16O3S/c1-2-3-9-16(14)15-12(13)10-11-7-5-4-6-8-11/h4-8H,2-3,9-10H2,1H3. The highest BCUT2D eigenvalue weighted by molar-refractivity contribution is 7.80. The van der Waals surface area contributed by atoms with Gasteiger partial charge in [-0.25, -0.2) is 4.21 Å². The maximum atomic E-state index is 11.4. The molecule has 0 saturated heterocycles. The minimum atomic E-state index is -1.47. The lowest BCUT2D eigenvalue weighted by Gasteiger charge is -2.02. The fourth-order valence-electron chi connectivity index (χ4n) is 1.20. The average Bonchev–Trinajstić information content (AvgIpc) is 2.27. The summed E-state index contributed by atoms with van der Waals surface area (Å²) in [5.74, 6) is -0.00236. The molecule has 1 unspecified atom stereocenters. The number of carbonyl (C=O) groups excluding carboxylic acids is 1. The van der Waals surface area contributed by atoms with Crippen LogP contribution in [0.25, 0.3) is 0 Å². The lowest BCUT2D eigenvalue weighted by molar-refractivity contribution is -0.132. The van der Waals surface area contributed by atoms with Crippen molar-refractivity contribution in [3.05, 3.63) is 35.9 Å². The molecule has 1 atom stereocenters. The Labute approximate surface area is 98.5 Å². The van der Waals surface area contributed by atoms with E-state index in [1.807, 2.05) is 37.3 Å². The first-order valence-corrected chi connectivity index (χ1v) is 6.60. The largest absolute Gasteiger partial charge is 0.364 e. The second-order valence-electron chi connectivity index (χ2n) is 3.48. The SMILES string of the molecule is CCCCS(=O)OC(=O)Cc1ccccc1. The Hall–Kier alpha value is -1.16. The summed E-state index contributed by atoms with van der Waals surface area (Å²) in [5, 5.41) is 0. The normalized spacial score (nSPS) is 12.1. The van der Waals surface area contributed by atoms with Crippen LogP contribution in [-0.2, 0) is 26.5 Å². The highest BCUT2D eigenvalue weighted by atomic mass is 32.2. The molecule has 0 bridgehead atoms. The summed E-state index contributed by atoms with van der Waals surface area (Å²) < 4.78 is 16.1. The van der Waals surface area contributed by atoms with Crippen molar-refractivity contribution in [2.24, 2.45) is 0 Å². The van der Waals surface area contributed by atoms with Crippen molar-refractivity contribution in [3.63, 3.8) is 0 Å². The van der Waals surface area contributed by atoms with E-state index >= 15 is 0 Å². The Kier molecular flexibility index (Phi) is 5.78. The molecule has 1 aromatic rings. The summed E-state index contributed by atoms with van der Waals surface area (Å²) in [5.41, 5.74) is 0.875. The number of hydrogen-bond acceptors (Lipinski definition) is 3. The zero-order chi connectivity index (χ0) is 11.8. The van der Waals surface area contributed by atoms with E-state index in [1.165, 1.54) is 0 Å². The molecule has 16 heavy (non-hydrogen) atoms. The van der Waals surface area contributed by atoms with Gasteiger partial charge in [0.1, 0.15) is 0 Å². The second kappa shape index (κ2) is 7.17. The van der Waals surface area contributed by atoms with Gasteiger partial charge in [-0.1, -0.05) is 43.7 Å². The zero-order valence-corrected chi connectivity index (χ0v) is 10.2. The number of benzene rings is 1. The van der Waals surface area contributed by atoms with Gasteiger partial charge in [0, 0.05) is 0 Å². The lowest BCUT2D eigenvalue weighted by Crippen LogP contribution is -2.12. The van der Waals surface area contributed by atoms with Crippen molar-refractivity contribution in [3.8, 4) is 0 Å². The Bertz CT molecular complexity index is 349. The van der Waals surface area contributed by atoms with E-state index in [-0.39, 0.29) is 6.42 Å². The Balaban J connectivity index is 2.34. The minimum absolute atomic E-state index is 0.179. The molecule has 88 valence electrons. The van der Waals surface area contributed by atoms with Crippen molar-refractivity contribution < 1.29 is 13.2 Å². The van der Waals surface area contributed by atoms with Gasteiger partial charge in [0.05, 0.1) is 12.2 Å². The molecule has 3 nitrogen and oxygen atoms in total. The molecular formula is C12H16O3S. The summed E-state index contributed by atoms with van der Waals surface area (Å²) in [6.45, 7) is 2.00. The van der Waals surface area contributed by atoms with Gasteiger partial charge in [-0.2, -0.15) is 0 Å². The first-order valence-electron chi connectivity index (χ1n) is 5.36. The number of carbonyl (C=O) groups is 1. The summed E-state index contributed by atoms with van der Waals surface area (Å²) in [6, 6.07) is 9.29. The average molecular weight is 240 g/mol. The van der Waals surface area contributed by atoms with Gasteiger partial charge in [0.25, 0.3) is 0 Å². The fraction of sp³-hybridized carbons (Fsp3) is 0.417. The Morgan fingerprint density at radius 2 is 2.00 bits per heavy atom. The molecule has 0 aliphatic carbocycles. The van der Waals surface area contributed by atoms with E-state index < -0.39 is 17.0 Å². The van der Waals surface area contributed by atoms with E-state index in [0.717, 1.165) is 18.4 Å². The van der Waals surface area contributed by atoms with Gasteiger partial charge in [-0.05, 0) is 12.0 Å². The number of rotatable bonds is 6. The van der Waals surface area contributed by atoms with Crippen molar-refractivity contribution >= 4 is 17.0 Å². The Morgan fingerprint density at radius 1 is 1.31 bits per heavy atom. The molecule has 0 fully saturated rings. The molecule has 0 N–H and O–H groups in total. The zero-order valence-electron chi connectivity index (χ0n) is 9.35. The topological polar surface area (TPSA) is 43.4 Å². The molecule has 0 saturated carbocycles. The molecule has 0 aromatic heterocycles.